The number of hydrogen-bond acceptors (Lipinski definition) is 7. The van der Waals surface area contributed by atoms with Crippen LogP contribution in [-0.4, -0.2) is 31.3 Å². The van der Waals surface area contributed by atoms with Gasteiger partial charge in [-0.05, 0) is 12.8 Å². The Bertz CT molecular complexity index is 1050. The van der Waals surface area contributed by atoms with E-state index in [4.69, 9.17) is 9.26 Å². The fraction of sp³-hybridized carbons (Fsp3) is 0.263. The molecule has 1 atom stereocenters. The van der Waals surface area contributed by atoms with Crippen LogP contribution in [0.25, 0.3) is 16.9 Å². The van der Waals surface area contributed by atoms with E-state index in [2.05, 4.69) is 25.5 Å². The first-order chi connectivity index (χ1) is 13.4. The molecule has 0 amide bonds. The lowest BCUT2D eigenvalue weighted by Crippen LogP contribution is -2.08. The van der Waals surface area contributed by atoms with E-state index < -0.39 is 0 Å². The number of nitrogens with zero attached hydrogens (tertiary/aromatic N) is 5. The normalized spacial score (nSPS) is 16.8. The largest absolute Gasteiger partial charge is 0.368 e. The fourth-order valence-corrected chi connectivity index (χ4v) is 3.21. The van der Waals surface area contributed by atoms with Crippen molar-refractivity contribution in [2.24, 2.45) is 0 Å². The summed E-state index contributed by atoms with van der Waals surface area (Å²) >= 11 is 0. The molecule has 4 aromatic rings. The minimum absolute atomic E-state index is 0.0744. The molecule has 4 heterocycles. The highest BCUT2D eigenvalue weighted by Gasteiger charge is 2.23. The van der Waals surface area contributed by atoms with Crippen molar-refractivity contribution in [3.8, 4) is 11.3 Å². The summed E-state index contributed by atoms with van der Waals surface area (Å²) in [6.07, 6.45) is 3.60. The minimum Gasteiger partial charge on any atom is -0.368 e. The quantitative estimate of drug-likeness (QED) is 0.583. The first-order valence-corrected chi connectivity index (χ1v) is 8.95. The van der Waals surface area contributed by atoms with Crippen molar-refractivity contribution < 1.29 is 9.26 Å². The lowest BCUT2D eigenvalue weighted by atomic mass is 10.1. The third kappa shape index (κ3) is 3.15. The lowest BCUT2D eigenvalue weighted by Gasteiger charge is -2.09. The van der Waals surface area contributed by atoms with Crippen LogP contribution in [0.3, 0.4) is 0 Å². The zero-order valence-electron chi connectivity index (χ0n) is 14.6. The second-order valence-corrected chi connectivity index (χ2v) is 6.40. The monoisotopic (exact) mass is 362 g/mol. The Morgan fingerprint density at radius 1 is 1.15 bits per heavy atom. The maximum Gasteiger partial charge on any atom is 0.255 e. The highest BCUT2D eigenvalue weighted by Crippen LogP contribution is 2.27. The average molecular weight is 362 g/mol. The molecular weight excluding hydrogens is 344 g/mol. The van der Waals surface area contributed by atoms with Crippen LogP contribution in [0.2, 0.25) is 0 Å². The smallest absolute Gasteiger partial charge is 0.255 e. The van der Waals surface area contributed by atoms with Gasteiger partial charge in [-0.15, -0.1) is 0 Å². The fourth-order valence-electron chi connectivity index (χ4n) is 3.21. The molecule has 1 saturated heterocycles. The van der Waals surface area contributed by atoms with Crippen LogP contribution in [0.5, 0.6) is 0 Å². The molecule has 8 heteroatoms. The molecule has 0 unspecified atom stereocenters. The molecule has 1 fully saturated rings. The number of benzene rings is 1. The van der Waals surface area contributed by atoms with Crippen LogP contribution >= 0.6 is 0 Å². The van der Waals surface area contributed by atoms with Crippen LogP contribution in [0, 0.1) is 0 Å². The second kappa shape index (κ2) is 6.81. The van der Waals surface area contributed by atoms with E-state index in [0.717, 1.165) is 42.2 Å². The second-order valence-electron chi connectivity index (χ2n) is 6.40. The van der Waals surface area contributed by atoms with E-state index >= 15 is 0 Å². The Morgan fingerprint density at radius 3 is 2.93 bits per heavy atom. The predicted molar refractivity (Wildman–Crippen MR) is 98.0 cm³/mol. The number of fused-ring (bicyclic) bond motifs is 1. The summed E-state index contributed by atoms with van der Waals surface area (Å²) in [5, 5.41) is 11.7. The van der Waals surface area contributed by atoms with Crippen LogP contribution in [0.4, 0.5) is 5.82 Å². The summed E-state index contributed by atoms with van der Waals surface area (Å²) in [4.78, 5) is 9.12. The maximum atomic E-state index is 5.59. The summed E-state index contributed by atoms with van der Waals surface area (Å²) in [6, 6.07) is 13.9. The van der Waals surface area contributed by atoms with Gasteiger partial charge >= 0.3 is 0 Å². The molecule has 0 bridgehead atoms. The molecular formula is C19H18N6O2. The van der Waals surface area contributed by atoms with Gasteiger partial charge in [0.15, 0.2) is 11.5 Å². The van der Waals surface area contributed by atoms with Gasteiger partial charge in [0.05, 0.1) is 18.4 Å². The van der Waals surface area contributed by atoms with Gasteiger partial charge in [0, 0.05) is 24.3 Å². The molecule has 5 rings (SSSR count). The molecule has 1 aliphatic rings. The van der Waals surface area contributed by atoms with Crippen molar-refractivity contribution in [2.75, 3.05) is 11.9 Å². The Hall–Kier alpha value is -3.26. The average Bonchev–Trinajstić information content (AvgIpc) is 3.47. The number of rotatable bonds is 5. The van der Waals surface area contributed by atoms with Crippen LogP contribution in [0.15, 0.2) is 53.2 Å². The van der Waals surface area contributed by atoms with Crippen LogP contribution in [-0.2, 0) is 11.3 Å². The van der Waals surface area contributed by atoms with E-state index in [1.807, 2.05) is 42.5 Å². The molecule has 0 spiro atoms. The zero-order chi connectivity index (χ0) is 18.1. The van der Waals surface area contributed by atoms with Crippen molar-refractivity contribution >= 4 is 11.5 Å². The molecule has 0 radical (unpaired) electrons. The highest BCUT2D eigenvalue weighted by atomic mass is 16.5. The summed E-state index contributed by atoms with van der Waals surface area (Å²) in [6.45, 7) is 1.17. The number of nitrogens with one attached hydrogen (secondary N) is 1. The summed E-state index contributed by atoms with van der Waals surface area (Å²) in [5.74, 6) is 1.94. The predicted octanol–water partition coefficient (Wildman–Crippen LogP) is 3.24. The maximum absolute atomic E-state index is 5.59. The van der Waals surface area contributed by atoms with Crippen molar-refractivity contribution in [1.29, 1.82) is 0 Å². The number of aromatic nitrogens is 5. The Labute approximate surface area is 155 Å². The topological polar surface area (TPSA) is 90.4 Å². The van der Waals surface area contributed by atoms with Crippen molar-refractivity contribution in [3.63, 3.8) is 0 Å². The summed E-state index contributed by atoms with van der Waals surface area (Å²) in [5.41, 5.74) is 2.69. The zero-order valence-corrected chi connectivity index (χ0v) is 14.6. The first-order valence-electron chi connectivity index (χ1n) is 8.95. The van der Waals surface area contributed by atoms with Crippen molar-refractivity contribution in [1.82, 2.24) is 24.7 Å². The molecule has 1 aromatic carbocycles. The van der Waals surface area contributed by atoms with E-state index in [0.29, 0.717) is 18.3 Å². The van der Waals surface area contributed by atoms with E-state index in [9.17, 15) is 0 Å². The van der Waals surface area contributed by atoms with Crippen LogP contribution in [0.1, 0.15) is 30.7 Å². The van der Waals surface area contributed by atoms with Crippen LogP contribution < -0.4 is 5.32 Å². The van der Waals surface area contributed by atoms with Gasteiger partial charge in [0.1, 0.15) is 11.9 Å². The lowest BCUT2D eigenvalue weighted by molar-refractivity contribution is 0.0835. The Kier molecular flexibility index (Phi) is 4.02. The van der Waals surface area contributed by atoms with Gasteiger partial charge in [-0.2, -0.15) is 14.6 Å². The molecule has 0 saturated carbocycles. The van der Waals surface area contributed by atoms with Gasteiger partial charge in [0.25, 0.3) is 5.89 Å². The van der Waals surface area contributed by atoms with Gasteiger partial charge in [-0.1, -0.05) is 35.5 Å². The third-order valence-corrected chi connectivity index (χ3v) is 4.55. The van der Waals surface area contributed by atoms with Crippen molar-refractivity contribution in [2.45, 2.75) is 25.5 Å². The minimum atomic E-state index is -0.0744. The van der Waals surface area contributed by atoms with Crippen molar-refractivity contribution in [3.05, 3.63) is 60.4 Å². The first kappa shape index (κ1) is 16.0. The molecule has 1 aliphatic heterocycles. The highest BCUT2D eigenvalue weighted by molar-refractivity contribution is 5.66. The number of anilines is 1. The molecule has 27 heavy (non-hydrogen) atoms. The number of hydrogen-bond donors (Lipinski definition) is 1. The van der Waals surface area contributed by atoms with E-state index in [1.165, 1.54) is 0 Å². The molecule has 1 N–H and O–H groups in total. The standard InChI is InChI=1S/C19H18N6O2/c1-2-5-13(6-3-1)14-11-18(25-17(22-14)8-9-21-25)20-12-16-23-19(27-24-16)15-7-4-10-26-15/h1-3,5-6,8-9,11,15,20H,4,7,10,12H2/t15-/m1/s1. The molecule has 8 nitrogen and oxygen atoms in total. The number of ether oxygens (including phenoxy) is 1. The SMILES string of the molecule is c1ccc(-c2cc(NCc3noc([C@H]4CCCO4)n3)n3nccc3n2)cc1. The summed E-state index contributed by atoms with van der Waals surface area (Å²) in [7, 11) is 0. The van der Waals surface area contributed by atoms with Gasteiger partial charge in [-0.25, -0.2) is 4.98 Å². The third-order valence-electron chi connectivity index (χ3n) is 4.55. The van der Waals surface area contributed by atoms with Gasteiger partial charge in [-0.3, -0.25) is 0 Å². The van der Waals surface area contributed by atoms with E-state index in [-0.39, 0.29) is 6.10 Å². The molecule has 0 aliphatic carbocycles. The Morgan fingerprint density at radius 2 is 2.07 bits per heavy atom. The summed E-state index contributed by atoms with van der Waals surface area (Å²) < 4.78 is 12.7. The van der Waals surface area contributed by atoms with Gasteiger partial charge in [0.2, 0.25) is 0 Å². The van der Waals surface area contributed by atoms with E-state index in [1.54, 1.807) is 10.7 Å². The molecule has 136 valence electrons. The van der Waals surface area contributed by atoms with Gasteiger partial charge < -0.3 is 14.6 Å². The molecule has 3 aromatic heterocycles. The Balaban J connectivity index is 1.40.